The lowest BCUT2D eigenvalue weighted by atomic mass is 9.58. The molecule has 1 atom stereocenters. The third-order valence-electron chi connectivity index (χ3n) is 4.01. The number of ether oxygens (including phenoxy) is 1. The van der Waals surface area contributed by atoms with Gasteiger partial charge in [0.05, 0.1) is 5.60 Å². The van der Waals surface area contributed by atoms with Gasteiger partial charge in [-0.1, -0.05) is 27.7 Å². The molecule has 1 saturated heterocycles. The van der Waals surface area contributed by atoms with Crippen LogP contribution in [0.1, 0.15) is 53.4 Å². The van der Waals surface area contributed by atoms with Gasteiger partial charge in [-0.2, -0.15) is 0 Å². The molecule has 2 N–H and O–H groups in total. The Bertz CT molecular complexity index is 241. The Labute approximate surface area is 93.6 Å². The van der Waals surface area contributed by atoms with Crippen LogP contribution in [0.25, 0.3) is 0 Å². The van der Waals surface area contributed by atoms with Gasteiger partial charge in [-0.3, -0.25) is 0 Å². The summed E-state index contributed by atoms with van der Waals surface area (Å²) in [7, 11) is 0. The van der Waals surface area contributed by atoms with Crippen LogP contribution < -0.4 is 5.73 Å². The van der Waals surface area contributed by atoms with Crippen molar-refractivity contribution in [3.05, 3.63) is 0 Å². The molecule has 1 heterocycles. The largest absolute Gasteiger partial charge is 0.373 e. The summed E-state index contributed by atoms with van der Waals surface area (Å²) >= 11 is 0. The van der Waals surface area contributed by atoms with E-state index in [2.05, 4.69) is 27.7 Å². The smallest absolute Gasteiger partial charge is 0.0843 e. The Kier molecular flexibility index (Phi) is 2.44. The van der Waals surface area contributed by atoms with Gasteiger partial charge < -0.3 is 10.5 Å². The van der Waals surface area contributed by atoms with Crippen LogP contribution in [0.2, 0.25) is 0 Å². The third-order valence-corrected chi connectivity index (χ3v) is 4.01. The van der Waals surface area contributed by atoms with Gasteiger partial charge in [-0.25, -0.2) is 0 Å². The van der Waals surface area contributed by atoms with Gasteiger partial charge in [0, 0.05) is 12.6 Å². The summed E-state index contributed by atoms with van der Waals surface area (Å²) in [5, 5.41) is 0. The van der Waals surface area contributed by atoms with E-state index in [0.717, 1.165) is 25.9 Å². The molecule has 1 unspecified atom stereocenters. The fraction of sp³-hybridized carbons (Fsp3) is 1.00. The molecule has 15 heavy (non-hydrogen) atoms. The van der Waals surface area contributed by atoms with Crippen molar-refractivity contribution in [1.29, 1.82) is 0 Å². The standard InChI is InChI=1S/C13H25NO/c1-11(2)7-12(3,4)9-13(8-11)10(14)5-6-15-13/h10H,5-9,14H2,1-4H3. The van der Waals surface area contributed by atoms with Crippen molar-refractivity contribution in [3.8, 4) is 0 Å². The highest BCUT2D eigenvalue weighted by molar-refractivity contribution is 5.06. The van der Waals surface area contributed by atoms with Crippen LogP contribution >= 0.6 is 0 Å². The van der Waals surface area contributed by atoms with Crippen LogP contribution in [0.5, 0.6) is 0 Å². The van der Waals surface area contributed by atoms with E-state index in [1.54, 1.807) is 0 Å². The highest BCUT2D eigenvalue weighted by Gasteiger charge is 2.53. The zero-order valence-electron chi connectivity index (χ0n) is 10.6. The van der Waals surface area contributed by atoms with Crippen molar-refractivity contribution in [3.63, 3.8) is 0 Å². The van der Waals surface area contributed by atoms with Gasteiger partial charge in [0.2, 0.25) is 0 Å². The van der Waals surface area contributed by atoms with Crippen LogP contribution in [-0.2, 0) is 4.74 Å². The maximum atomic E-state index is 6.26. The summed E-state index contributed by atoms with van der Waals surface area (Å²) < 4.78 is 6.04. The Morgan fingerprint density at radius 3 is 1.93 bits per heavy atom. The molecule has 0 radical (unpaired) electrons. The molecule has 0 bridgehead atoms. The van der Waals surface area contributed by atoms with Gasteiger partial charge in [0.1, 0.15) is 0 Å². The first-order chi connectivity index (χ1) is 6.75. The topological polar surface area (TPSA) is 35.2 Å². The lowest BCUT2D eigenvalue weighted by molar-refractivity contribution is -0.105. The van der Waals surface area contributed by atoms with Gasteiger partial charge in [0.15, 0.2) is 0 Å². The van der Waals surface area contributed by atoms with Crippen molar-refractivity contribution in [1.82, 2.24) is 0 Å². The first-order valence-electron chi connectivity index (χ1n) is 6.14. The van der Waals surface area contributed by atoms with Crippen LogP contribution in [0.3, 0.4) is 0 Å². The number of nitrogens with two attached hydrogens (primary N) is 1. The summed E-state index contributed by atoms with van der Waals surface area (Å²) in [6.45, 7) is 10.3. The average Bonchev–Trinajstić information content (AvgIpc) is 2.25. The van der Waals surface area contributed by atoms with E-state index in [0.29, 0.717) is 10.8 Å². The first kappa shape index (κ1) is 11.4. The van der Waals surface area contributed by atoms with Gasteiger partial charge in [0.25, 0.3) is 0 Å². The molecule has 0 aromatic heterocycles. The first-order valence-corrected chi connectivity index (χ1v) is 6.14. The van der Waals surface area contributed by atoms with E-state index in [1.165, 1.54) is 6.42 Å². The maximum absolute atomic E-state index is 6.26. The molecular weight excluding hydrogens is 186 g/mol. The van der Waals surface area contributed by atoms with Crippen molar-refractivity contribution in [2.75, 3.05) is 6.61 Å². The molecular formula is C13H25NO. The third kappa shape index (κ3) is 2.07. The molecule has 1 aliphatic carbocycles. The summed E-state index contributed by atoms with van der Waals surface area (Å²) in [5.41, 5.74) is 6.97. The fourth-order valence-electron chi connectivity index (χ4n) is 4.23. The van der Waals surface area contributed by atoms with E-state index in [-0.39, 0.29) is 11.6 Å². The molecule has 1 aliphatic heterocycles. The Morgan fingerprint density at radius 2 is 1.53 bits per heavy atom. The highest BCUT2D eigenvalue weighted by Crippen LogP contribution is 2.54. The molecule has 2 aliphatic rings. The second-order valence-electron chi connectivity index (χ2n) is 7.17. The lowest BCUT2D eigenvalue weighted by Crippen LogP contribution is -2.54. The minimum Gasteiger partial charge on any atom is -0.373 e. The quantitative estimate of drug-likeness (QED) is 0.668. The second-order valence-corrected chi connectivity index (χ2v) is 7.17. The highest BCUT2D eigenvalue weighted by atomic mass is 16.5. The van der Waals surface area contributed by atoms with Gasteiger partial charge in [-0.05, 0) is 36.5 Å². The molecule has 0 amide bonds. The number of rotatable bonds is 0. The van der Waals surface area contributed by atoms with Crippen LogP contribution in [-0.4, -0.2) is 18.2 Å². The minimum absolute atomic E-state index is 0.0226. The zero-order valence-corrected chi connectivity index (χ0v) is 10.6. The average molecular weight is 211 g/mol. The Morgan fingerprint density at radius 1 is 1.00 bits per heavy atom. The van der Waals surface area contributed by atoms with Crippen molar-refractivity contribution < 1.29 is 4.74 Å². The van der Waals surface area contributed by atoms with Crippen molar-refractivity contribution >= 4 is 0 Å². The molecule has 2 nitrogen and oxygen atoms in total. The SMILES string of the molecule is CC1(C)CC(C)(C)CC2(C1)OCCC2N. The van der Waals surface area contributed by atoms with Gasteiger partial charge in [-0.15, -0.1) is 0 Å². The Balaban J connectivity index is 2.26. The van der Waals surface area contributed by atoms with E-state index in [1.807, 2.05) is 0 Å². The van der Waals surface area contributed by atoms with Crippen LogP contribution in [0, 0.1) is 10.8 Å². The molecule has 2 rings (SSSR count). The normalized spacial score (nSPS) is 37.0. The monoisotopic (exact) mass is 211 g/mol. The molecule has 2 fully saturated rings. The number of hydrogen-bond acceptors (Lipinski definition) is 2. The predicted octanol–water partition coefficient (Wildman–Crippen LogP) is 2.71. The summed E-state index contributed by atoms with van der Waals surface area (Å²) in [5.74, 6) is 0. The molecule has 1 spiro atoms. The van der Waals surface area contributed by atoms with E-state index in [9.17, 15) is 0 Å². The number of hydrogen-bond donors (Lipinski definition) is 1. The molecule has 2 heteroatoms. The van der Waals surface area contributed by atoms with Crippen LogP contribution in [0.4, 0.5) is 0 Å². The predicted molar refractivity (Wildman–Crippen MR) is 62.7 cm³/mol. The lowest BCUT2D eigenvalue weighted by Gasteiger charge is -2.51. The van der Waals surface area contributed by atoms with E-state index >= 15 is 0 Å². The second kappa shape index (κ2) is 3.21. The summed E-state index contributed by atoms with van der Waals surface area (Å²) in [4.78, 5) is 0. The minimum atomic E-state index is -0.0226. The maximum Gasteiger partial charge on any atom is 0.0843 e. The van der Waals surface area contributed by atoms with Crippen molar-refractivity contribution in [2.24, 2.45) is 16.6 Å². The Hall–Kier alpha value is -0.0800. The fourth-order valence-corrected chi connectivity index (χ4v) is 4.23. The molecule has 88 valence electrons. The van der Waals surface area contributed by atoms with E-state index in [4.69, 9.17) is 10.5 Å². The summed E-state index contributed by atoms with van der Waals surface area (Å²) in [6, 6.07) is 0.247. The summed E-state index contributed by atoms with van der Waals surface area (Å²) in [6.07, 6.45) is 4.57. The van der Waals surface area contributed by atoms with Gasteiger partial charge >= 0.3 is 0 Å². The molecule has 1 saturated carbocycles. The molecule has 0 aromatic rings. The van der Waals surface area contributed by atoms with Crippen LogP contribution in [0.15, 0.2) is 0 Å². The van der Waals surface area contributed by atoms with E-state index < -0.39 is 0 Å². The van der Waals surface area contributed by atoms with Crippen molar-refractivity contribution in [2.45, 2.75) is 65.0 Å². The zero-order chi connectivity index (χ0) is 11.3. The molecule has 0 aromatic carbocycles.